The number of carboxylic acid groups (broad SMARTS) is 1. The molecular weight excluding hydrogens is 216 g/mol. The van der Waals surface area contributed by atoms with Crippen LogP contribution in [0, 0.1) is 11.6 Å². The maximum atomic E-state index is 12.8. The molecule has 0 heterocycles. The Bertz CT molecular complexity index is 382. The summed E-state index contributed by atoms with van der Waals surface area (Å²) < 4.78 is 25.4. The number of rotatable bonds is 5. The molecule has 88 valence electrons. The Morgan fingerprint density at radius 2 is 2.12 bits per heavy atom. The van der Waals surface area contributed by atoms with Gasteiger partial charge in [-0.2, -0.15) is 0 Å². The highest BCUT2D eigenvalue weighted by molar-refractivity contribution is 5.73. The van der Waals surface area contributed by atoms with E-state index in [4.69, 9.17) is 5.11 Å². The van der Waals surface area contributed by atoms with E-state index in [0.717, 1.165) is 12.1 Å². The summed E-state index contributed by atoms with van der Waals surface area (Å²) in [4.78, 5) is 10.7. The lowest BCUT2D eigenvalue weighted by atomic mass is 10.1. The summed E-state index contributed by atoms with van der Waals surface area (Å²) in [5, 5.41) is 11.4. The summed E-state index contributed by atoms with van der Waals surface area (Å²) in [5.41, 5.74) is 0.584. The number of hydrogen-bond donors (Lipinski definition) is 2. The zero-order valence-corrected chi connectivity index (χ0v) is 8.84. The number of aryl methyl sites for hydroxylation is 1. The Labute approximate surface area is 92.1 Å². The van der Waals surface area contributed by atoms with Crippen molar-refractivity contribution in [3.05, 3.63) is 35.4 Å². The Hall–Kier alpha value is -1.49. The summed E-state index contributed by atoms with van der Waals surface area (Å²) in [7, 11) is 1.55. The number of likely N-dealkylation sites (N-methyl/N-ethyl adjacent to an activating group) is 1. The molecule has 2 N–H and O–H groups in total. The molecule has 1 aromatic carbocycles. The van der Waals surface area contributed by atoms with Crippen LogP contribution in [0.25, 0.3) is 0 Å². The van der Waals surface area contributed by atoms with Crippen LogP contribution in [-0.2, 0) is 11.2 Å². The van der Waals surface area contributed by atoms with Crippen molar-refractivity contribution in [1.29, 1.82) is 0 Å². The zero-order chi connectivity index (χ0) is 12.1. The normalized spacial score (nSPS) is 12.4. The van der Waals surface area contributed by atoms with Gasteiger partial charge in [0.1, 0.15) is 6.04 Å². The van der Waals surface area contributed by atoms with Gasteiger partial charge in [0.05, 0.1) is 0 Å². The Morgan fingerprint density at radius 1 is 1.44 bits per heavy atom. The Balaban J connectivity index is 2.60. The van der Waals surface area contributed by atoms with Crippen molar-refractivity contribution in [2.45, 2.75) is 18.9 Å². The van der Waals surface area contributed by atoms with Gasteiger partial charge in [-0.1, -0.05) is 6.07 Å². The number of hydrogen-bond acceptors (Lipinski definition) is 2. The fourth-order valence-electron chi connectivity index (χ4n) is 1.40. The molecule has 0 aromatic heterocycles. The van der Waals surface area contributed by atoms with Gasteiger partial charge in [0.2, 0.25) is 0 Å². The second-order valence-corrected chi connectivity index (χ2v) is 3.47. The molecular formula is C11H13F2NO2. The highest BCUT2D eigenvalue weighted by Crippen LogP contribution is 2.11. The Morgan fingerprint density at radius 3 is 2.62 bits per heavy atom. The predicted octanol–water partition coefficient (Wildman–Crippen LogP) is 1.57. The lowest BCUT2D eigenvalue weighted by Gasteiger charge is -2.10. The van der Waals surface area contributed by atoms with E-state index in [-0.39, 0.29) is 0 Å². The van der Waals surface area contributed by atoms with Gasteiger partial charge in [0.15, 0.2) is 11.6 Å². The van der Waals surface area contributed by atoms with E-state index in [1.165, 1.54) is 6.07 Å². The highest BCUT2D eigenvalue weighted by atomic mass is 19.2. The maximum absolute atomic E-state index is 12.8. The van der Waals surface area contributed by atoms with Gasteiger partial charge in [0, 0.05) is 0 Å². The number of nitrogens with one attached hydrogen (secondary N) is 1. The first kappa shape index (κ1) is 12.6. The number of halogens is 2. The monoisotopic (exact) mass is 229 g/mol. The van der Waals surface area contributed by atoms with Crippen LogP contribution in [0.15, 0.2) is 18.2 Å². The smallest absolute Gasteiger partial charge is 0.320 e. The zero-order valence-electron chi connectivity index (χ0n) is 8.84. The van der Waals surface area contributed by atoms with Crippen LogP contribution in [0.2, 0.25) is 0 Å². The second-order valence-electron chi connectivity index (χ2n) is 3.47. The van der Waals surface area contributed by atoms with Crippen LogP contribution in [0.1, 0.15) is 12.0 Å². The number of carbonyl (C=O) groups is 1. The molecule has 1 aromatic rings. The molecule has 0 bridgehead atoms. The van der Waals surface area contributed by atoms with Crippen molar-refractivity contribution in [1.82, 2.24) is 5.32 Å². The van der Waals surface area contributed by atoms with E-state index in [1.807, 2.05) is 0 Å². The van der Waals surface area contributed by atoms with Crippen LogP contribution >= 0.6 is 0 Å². The van der Waals surface area contributed by atoms with Crippen molar-refractivity contribution in [3.63, 3.8) is 0 Å². The van der Waals surface area contributed by atoms with Gasteiger partial charge in [-0.25, -0.2) is 8.78 Å². The van der Waals surface area contributed by atoms with Crippen LogP contribution < -0.4 is 5.32 Å². The van der Waals surface area contributed by atoms with Crippen molar-refractivity contribution >= 4 is 5.97 Å². The third kappa shape index (κ3) is 3.27. The number of carboxylic acids is 1. The first-order valence-electron chi connectivity index (χ1n) is 4.88. The number of aliphatic carboxylic acids is 1. The summed E-state index contributed by atoms with van der Waals surface area (Å²) in [5.74, 6) is -2.76. The molecule has 0 fully saturated rings. The van der Waals surface area contributed by atoms with E-state index in [9.17, 15) is 13.6 Å². The standard InChI is InChI=1S/C11H13F2NO2/c1-14-10(11(15)16)5-3-7-2-4-8(12)9(13)6-7/h2,4,6,10,14H,3,5H2,1H3,(H,15,16)/t10-/m0/s1. The van der Waals surface area contributed by atoms with Crippen molar-refractivity contribution < 1.29 is 18.7 Å². The summed E-state index contributed by atoms with van der Waals surface area (Å²) in [6.07, 6.45) is 0.714. The Kier molecular flexibility index (Phi) is 4.37. The molecule has 0 unspecified atom stereocenters. The molecule has 3 nitrogen and oxygen atoms in total. The van der Waals surface area contributed by atoms with Crippen molar-refractivity contribution in [3.8, 4) is 0 Å². The summed E-state index contributed by atoms with van der Waals surface area (Å²) >= 11 is 0. The highest BCUT2D eigenvalue weighted by Gasteiger charge is 2.14. The minimum atomic E-state index is -0.954. The van der Waals surface area contributed by atoms with Crippen LogP contribution in [-0.4, -0.2) is 24.2 Å². The molecule has 0 saturated carbocycles. The lowest BCUT2D eigenvalue weighted by Crippen LogP contribution is -2.34. The fraction of sp³-hybridized carbons (Fsp3) is 0.364. The molecule has 1 atom stereocenters. The first-order valence-corrected chi connectivity index (χ1v) is 4.88. The van der Waals surface area contributed by atoms with Crippen molar-refractivity contribution in [2.24, 2.45) is 0 Å². The third-order valence-corrected chi connectivity index (χ3v) is 2.35. The molecule has 0 amide bonds. The average molecular weight is 229 g/mol. The van der Waals surface area contributed by atoms with Crippen LogP contribution in [0.3, 0.4) is 0 Å². The van der Waals surface area contributed by atoms with E-state index >= 15 is 0 Å². The summed E-state index contributed by atoms with van der Waals surface area (Å²) in [6.45, 7) is 0. The molecule has 0 saturated heterocycles. The summed E-state index contributed by atoms with van der Waals surface area (Å²) in [6, 6.07) is 2.91. The molecule has 0 radical (unpaired) electrons. The van der Waals surface area contributed by atoms with Gasteiger partial charge < -0.3 is 10.4 Å². The van der Waals surface area contributed by atoms with Crippen LogP contribution in [0.4, 0.5) is 8.78 Å². The minimum Gasteiger partial charge on any atom is -0.480 e. The largest absolute Gasteiger partial charge is 0.480 e. The van der Waals surface area contributed by atoms with E-state index in [0.29, 0.717) is 18.4 Å². The molecule has 5 heteroatoms. The number of benzene rings is 1. The maximum Gasteiger partial charge on any atom is 0.320 e. The van der Waals surface area contributed by atoms with Gasteiger partial charge in [0.25, 0.3) is 0 Å². The molecule has 0 aliphatic carbocycles. The molecule has 1 rings (SSSR count). The average Bonchev–Trinajstić information content (AvgIpc) is 2.23. The van der Waals surface area contributed by atoms with Gasteiger partial charge in [-0.15, -0.1) is 0 Å². The second kappa shape index (κ2) is 5.55. The predicted molar refractivity (Wildman–Crippen MR) is 55.2 cm³/mol. The molecule has 0 spiro atoms. The minimum absolute atomic E-state index is 0.330. The fourth-order valence-corrected chi connectivity index (χ4v) is 1.40. The van der Waals surface area contributed by atoms with E-state index < -0.39 is 23.6 Å². The van der Waals surface area contributed by atoms with E-state index in [2.05, 4.69) is 5.32 Å². The third-order valence-electron chi connectivity index (χ3n) is 2.35. The van der Waals surface area contributed by atoms with E-state index in [1.54, 1.807) is 7.05 Å². The first-order chi connectivity index (χ1) is 7.54. The SMILES string of the molecule is CN[C@@H](CCc1ccc(F)c(F)c1)C(=O)O. The van der Waals surface area contributed by atoms with Gasteiger partial charge in [-0.3, -0.25) is 4.79 Å². The topological polar surface area (TPSA) is 49.3 Å². The molecule has 16 heavy (non-hydrogen) atoms. The van der Waals surface area contributed by atoms with Crippen molar-refractivity contribution in [2.75, 3.05) is 7.05 Å². The van der Waals surface area contributed by atoms with Gasteiger partial charge >= 0.3 is 5.97 Å². The lowest BCUT2D eigenvalue weighted by molar-refractivity contribution is -0.139. The quantitative estimate of drug-likeness (QED) is 0.805. The molecule has 0 aliphatic rings. The molecule has 0 aliphatic heterocycles. The van der Waals surface area contributed by atoms with Crippen LogP contribution in [0.5, 0.6) is 0 Å². The van der Waals surface area contributed by atoms with Gasteiger partial charge in [-0.05, 0) is 37.6 Å².